The molecule has 0 radical (unpaired) electrons. The fraction of sp³-hybridized carbons (Fsp3) is 0.393. The first-order chi connectivity index (χ1) is 19.2. The zero-order valence-electron chi connectivity index (χ0n) is 23.0. The fourth-order valence-electron chi connectivity index (χ4n) is 4.75. The minimum absolute atomic E-state index is 0.0169. The molecule has 220 valence electrons. The molecule has 4 bridgehead atoms. The monoisotopic (exact) mass is 592 g/mol. The van der Waals surface area contributed by atoms with Crippen LogP contribution in [0.5, 0.6) is 5.88 Å². The standard InChI is InChI=1S/C28H31F3N4O5S/c1-17(2)13-21-16-39-24-15-23(25-18(3)7-5-8-19(25)4)32-27(33-24)34-41(37,38)22-10-6-9-20(14-22)26(36)35(21)11-12-40-28(29,30)31/h5-10,14-15,17,21H,11-13,16H2,1-4H3,(H,32,33,34)/t21-/m1/s1. The summed E-state index contributed by atoms with van der Waals surface area (Å²) in [6.45, 7) is 6.28. The number of benzene rings is 2. The average Bonchev–Trinajstić information content (AvgIpc) is 2.87. The van der Waals surface area contributed by atoms with E-state index in [-0.39, 0.29) is 34.8 Å². The molecule has 1 amide bonds. The van der Waals surface area contributed by atoms with Crippen LogP contribution in [-0.2, 0) is 14.8 Å². The van der Waals surface area contributed by atoms with Gasteiger partial charge in [-0.2, -0.15) is 4.98 Å². The number of hydrogen-bond donors (Lipinski definition) is 1. The van der Waals surface area contributed by atoms with Gasteiger partial charge < -0.3 is 9.64 Å². The largest absolute Gasteiger partial charge is 0.522 e. The number of fused-ring (bicyclic) bond motifs is 4. The summed E-state index contributed by atoms with van der Waals surface area (Å²) in [6, 6.07) is 11.8. The molecule has 0 spiro atoms. The zero-order valence-corrected chi connectivity index (χ0v) is 23.8. The van der Waals surface area contributed by atoms with Crippen LogP contribution in [0.2, 0.25) is 0 Å². The van der Waals surface area contributed by atoms with Gasteiger partial charge in [-0.1, -0.05) is 38.1 Å². The summed E-state index contributed by atoms with van der Waals surface area (Å²) in [5.41, 5.74) is 2.96. The van der Waals surface area contributed by atoms with Crippen molar-refractivity contribution in [2.45, 2.75) is 51.4 Å². The van der Waals surface area contributed by atoms with Gasteiger partial charge in [0.1, 0.15) is 6.61 Å². The van der Waals surface area contributed by atoms with Crippen molar-refractivity contribution in [3.63, 3.8) is 0 Å². The molecule has 1 aliphatic rings. The molecule has 0 fully saturated rings. The topological polar surface area (TPSA) is 111 Å². The molecule has 2 aromatic carbocycles. The van der Waals surface area contributed by atoms with E-state index in [0.717, 1.165) is 16.7 Å². The van der Waals surface area contributed by atoms with E-state index in [1.807, 2.05) is 45.9 Å². The lowest BCUT2D eigenvalue weighted by molar-refractivity contribution is -0.324. The maximum absolute atomic E-state index is 13.7. The van der Waals surface area contributed by atoms with Crippen LogP contribution in [0.1, 0.15) is 41.8 Å². The SMILES string of the molecule is Cc1cccc(C)c1-c1cc2nc(n1)NS(=O)(=O)c1cccc(c1)C(=O)N(CCOC(F)(F)F)[C@H](CC(C)C)CO2. The molecule has 4 rings (SSSR count). The molecule has 2 heterocycles. The number of anilines is 1. The lowest BCUT2D eigenvalue weighted by atomic mass is 10.00. The Morgan fingerprint density at radius 1 is 1.10 bits per heavy atom. The van der Waals surface area contributed by atoms with Gasteiger partial charge in [0.2, 0.25) is 11.8 Å². The van der Waals surface area contributed by atoms with Gasteiger partial charge in [0.05, 0.1) is 23.2 Å². The Kier molecular flexibility index (Phi) is 8.88. The highest BCUT2D eigenvalue weighted by molar-refractivity contribution is 7.92. The summed E-state index contributed by atoms with van der Waals surface area (Å²) in [5.74, 6) is -0.811. The third-order valence-corrected chi connectivity index (χ3v) is 7.85. The highest BCUT2D eigenvalue weighted by atomic mass is 32.2. The maximum atomic E-state index is 13.7. The van der Waals surface area contributed by atoms with Crippen LogP contribution in [0.25, 0.3) is 11.3 Å². The van der Waals surface area contributed by atoms with E-state index in [4.69, 9.17) is 4.74 Å². The van der Waals surface area contributed by atoms with Gasteiger partial charge in [-0.25, -0.2) is 18.1 Å². The Morgan fingerprint density at radius 3 is 2.44 bits per heavy atom. The van der Waals surface area contributed by atoms with Crippen molar-refractivity contribution in [3.8, 4) is 17.1 Å². The first-order valence-electron chi connectivity index (χ1n) is 13.0. The summed E-state index contributed by atoms with van der Waals surface area (Å²) < 4.78 is 77.4. The van der Waals surface area contributed by atoms with Crippen LogP contribution in [-0.4, -0.2) is 61.4 Å². The van der Waals surface area contributed by atoms with Gasteiger partial charge >= 0.3 is 6.36 Å². The van der Waals surface area contributed by atoms with Crippen molar-refractivity contribution in [1.82, 2.24) is 14.9 Å². The molecule has 1 atom stereocenters. The Bertz CT molecular complexity index is 1510. The van der Waals surface area contributed by atoms with E-state index < -0.39 is 41.5 Å². The van der Waals surface area contributed by atoms with Crippen LogP contribution in [0.15, 0.2) is 53.4 Å². The molecule has 9 nitrogen and oxygen atoms in total. The van der Waals surface area contributed by atoms with Crippen molar-refractivity contribution in [1.29, 1.82) is 0 Å². The number of ether oxygens (including phenoxy) is 2. The van der Waals surface area contributed by atoms with Crippen molar-refractivity contribution < 1.29 is 35.9 Å². The predicted molar refractivity (Wildman–Crippen MR) is 146 cm³/mol. The normalized spacial score (nSPS) is 17.2. The number of amides is 1. The highest BCUT2D eigenvalue weighted by Crippen LogP contribution is 2.30. The van der Waals surface area contributed by atoms with E-state index >= 15 is 0 Å². The molecule has 41 heavy (non-hydrogen) atoms. The highest BCUT2D eigenvalue weighted by Gasteiger charge is 2.32. The number of aromatic nitrogens is 2. The Morgan fingerprint density at radius 2 is 1.78 bits per heavy atom. The van der Waals surface area contributed by atoms with Crippen molar-refractivity contribution in [2.75, 3.05) is 24.5 Å². The van der Waals surface area contributed by atoms with Crippen LogP contribution in [0, 0.1) is 19.8 Å². The van der Waals surface area contributed by atoms with E-state index in [1.165, 1.54) is 29.2 Å². The zero-order chi connectivity index (χ0) is 29.9. The van der Waals surface area contributed by atoms with E-state index in [2.05, 4.69) is 19.4 Å². The first-order valence-corrected chi connectivity index (χ1v) is 14.4. The molecular formula is C28H31F3N4O5S. The second-order valence-corrected chi connectivity index (χ2v) is 11.9. The summed E-state index contributed by atoms with van der Waals surface area (Å²) in [5, 5.41) is 0. The number of aryl methyl sites for hydroxylation is 2. The quantitative estimate of drug-likeness (QED) is 0.411. The summed E-state index contributed by atoms with van der Waals surface area (Å²) in [4.78, 5) is 23.4. The molecule has 0 saturated heterocycles. The number of nitrogens with zero attached hydrogens (tertiary/aromatic N) is 3. The fourth-order valence-corrected chi connectivity index (χ4v) is 5.74. The Hall–Kier alpha value is -3.71. The van der Waals surface area contributed by atoms with Crippen LogP contribution in [0.3, 0.4) is 0 Å². The molecule has 1 aliphatic heterocycles. The molecule has 0 unspecified atom stereocenters. The number of halogens is 3. The number of nitrogens with one attached hydrogen (secondary N) is 1. The summed E-state index contributed by atoms with van der Waals surface area (Å²) >= 11 is 0. The Balaban J connectivity index is 1.85. The van der Waals surface area contributed by atoms with Gasteiger partial charge in [0.25, 0.3) is 15.9 Å². The molecule has 1 N–H and O–H groups in total. The van der Waals surface area contributed by atoms with Gasteiger partial charge in [0.15, 0.2) is 0 Å². The molecule has 0 aliphatic carbocycles. The van der Waals surface area contributed by atoms with E-state index in [9.17, 15) is 26.4 Å². The number of hydrogen-bond acceptors (Lipinski definition) is 7. The Labute approximate surface area is 236 Å². The third-order valence-electron chi connectivity index (χ3n) is 6.52. The minimum atomic E-state index is -4.88. The van der Waals surface area contributed by atoms with Crippen LogP contribution < -0.4 is 9.46 Å². The second kappa shape index (κ2) is 12.0. The van der Waals surface area contributed by atoms with Crippen LogP contribution >= 0.6 is 0 Å². The molecule has 3 aromatic rings. The molecular weight excluding hydrogens is 561 g/mol. The minimum Gasteiger partial charge on any atom is -0.475 e. The maximum Gasteiger partial charge on any atom is 0.522 e. The van der Waals surface area contributed by atoms with E-state index in [0.29, 0.717) is 12.1 Å². The summed E-state index contributed by atoms with van der Waals surface area (Å²) in [6.07, 6.45) is -4.49. The number of carbonyl (C=O) groups is 1. The molecule has 1 aromatic heterocycles. The predicted octanol–water partition coefficient (Wildman–Crippen LogP) is 5.35. The first kappa shape index (κ1) is 30.3. The number of carbonyl (C=O) groups excluding carboxylic acids is 1. The van der Waals surface area contributed by atoms with Gasteiger partial charge in [-0.05, 0) is 55.5 Å². The third kappa shape index (κ3) is 7.53. The van der Waals surface area contributed by atoms with Gasteiger partial charge in [0, 0.05) is 23.7 Å². The number of sulfonamides is 1. The lowest BCUT2D eigenvalue weighted by Crippen LogP contribution is -2.46. The van der Waals surface area contributed by atoms with Gasteiger partial charge in [-0.3, -0.25) is 9.53 Å². The van der Waals surface area contributed by atoms with Crippen LogP contribution in [0.4, 0.5) is 19.1 Å². The smallest absolute Gasteiger partial charge is 0.475 e. The molecule has 0 saturated carbocycles. The average molecular weight is 593 g/mol. The van der Waals surface area contributed by atoms with Crippen molar-refractivity contribution >= 4 is 21.9 Å². The van der Waals surface area contributed by atoms with Gasteiger partial charge in [-0.15, -0.1) is 13.2 Å². The summed E-state index contributed by atoms with van der Waals surface area (Å²) in [7, 11) is -4.26. The van der Waals surface area contributed by atoms with Crippen molar-refractivity contribution in [2.24, 2.45) is 5.92 Å². The molecule has 13 heteroatoms. The number of alkyl halides is 3. The lowest BCUT2D eigenvalue weighted by Gasteiger charge is -2.33. The number of rotatable bonds is 6. The van der Waals surface area contributed by atoms with Crippen molar-refractivity contribution in [3.05, 3.63) is 65.2 Å². The van der Waals surface area contributed by atoms with E-state index in [1.54, 1.807) is 6.07 Å². The second-order valence-electron chi connectivity index (χ2n) is 10.2.